The average molecular weight is 531 g/mol. The van der Waals surface area contributed by atoms with Crippen molar-refractivity contribution >= 4 is 39.9 Å². The van der Waals surface area contributed by atoms with E-state index >= 15 is 0 Å². The number of rotatable bonds is 9. The second-order valence-electron chi connectivity index (χ2n) is 10.1. The predicted octanol–water partition coefficient (Wildman–Crippen LogP) is 4.78. The third-order valence-electron chi connectivity index (χ3n) is 7.17. The summed E-state index contributed by atoms with van der Waals surface area (Å²) in [6.45, 7) is 0.330. The fraction of sp³-hybridized carbons (Fsp3) is 0.379. The van der Waals surface area contributed by atoms with Crippen LogP contribution in [0.5, 0.6) is 0 Å². The highest BCUT2D eigenvalue weighted by Gasteiger charge is 2.33. The Kier molecular flexibility index (Phi) is 8.03. The van der Waals surface area contributed by atoms with E-state index in [0.29, 0.717) is 6.54 Å². The van der Waals surface area contributed by atoms with E-state index < -0.39 is 6.04 Å². The van der Waals surface area contributed by atoms with Crippen molar-refractivity contribution in [2.24, 2.45) is 0 Å². The van der Waals surface area contributed by atoms with Crippen molar-refractivity contribution < 1.29 is 9.59 Å². The zero-order valence-electron chi connectivity index (χ0n) is 21.9. The number of hydrogen-bond donors (Lipinski definition) is 1. The molecule has 0 radical (unpaired) electrons. The molecular formula is C29H34N6O2S. The van der Waals surface area contributed by atoms with Crippen molar-refractivity contribution in [3.05, 3.63) is 76.5 Å². The number of fused-ring (bicyclic) bond motifs is 1. The average Bonchev–Trinajstić information content (AvgIpc) is 3.59. The predicted molar refractivity (Wildman–Crippen MR) is 151 cm³/mol. The van der Waals surface area contributed by atoms with E-state index in [-0.39, 0.29) is 24.4 Å². The highest BCUT2D eigenvalue weighted by Crippen LogP contribution is 2.29. The molecule has 0 bridgehead atoms. The first kappa shape index (κ1) is 25.9. The Bertz CT molecular complexity index is 1360. The molecule has 4 aromatic rings. The van der Waals surface area contributed by atoms with Gasteiger partial charge in [0, 0.05) is 30.7 Å². The molecule has 38 heavy (non-hydrogen) atoms. The van der Waals surface area contributed by atoms with Gasteiger partial charge in [-0.15, -0.1) is 16.4 Å². The van der Waals surface area contributed by atoms with Gasteiger partial charge in [-0.05, 0) is 54.1 Å². The van der Waals surface area contributed by atoms with E-state index in [9.17, 15) is 9.59 Å². The Morgan fingerprint density at radius 2 is 1.79 bits per heavy atom. The number of anilines is 1. The molecule has 2 aromatic carbocycles. The van der Waals surface area contributed by atoms with Gasteiger partial charge < -0.3 is 15.1 Å². The van der Waals surface area contributed by atoms with Crippen LogP contribution in [0.25, 0.3) is 11.0 Å². The number of para-hydroxylation sites is 1. The third-order valence-corrected chi connectivity index (χ3v) is 8.03. The monoisotopic (exact) mass is 530 g/mol. The number of benzene rings is 2. The van der Waals surface area contributed by atoms with Crippen LogP contribution >= 0.6 is 11.3 Å². The minimum atomic E-state index is -0.766. The summed E-state index contributed by atoms with van der Waals surface area (Å²) < 4.78 is 1.62. The van der Waals surface area contributed by atoms with Crippen LogP contribution in [-0.2, 0) is 22.7 Å². The van der Waals surface area contributed by atoms with Crippen LogP contribution in [0.1, 0.15) is 48.6 Å². The Hall–Kier alpha value is -3.72. The van der Waals surface area contributed by atoms with E-state index in [4.69, 9.17) is 0 Å². The SMILES string of the molecule is CN(C)c1ccc(C(C(=O)NC2CCCCC2)N(Cc2cccs2)C(=O)Cn2nnc3ccccc32)cc1. The fourth-order valence-corrected chi connectivity index (χ4v) is 5.80. The maximum Gasteiger partial charge on any atom is 0.247 e. The van der Waals surface area contributed by atoms with Gasteiger partial charge in [0.1, 0.15) is 18.1 Å². The number of aromatic nitrogens is 3. The molecule has 0 aliphatic heterocycles. The van der Waals surface area contributed by atoms with Gasteiger partial charge in [0.15, 0.2) is 0 Å². The van der Waals surface area contributed by atoms with Crippen LogP contribution < -0.4 is 10.2 Å². The van der Waals surface area contributed by atoms with E-state index in [1.54, 1.807) is 20.9 Å². The standard InChI is InChI=1S/C29H34N6O2S/c1-33(2)23-16-14-21(15-17-23)28(29(37)30-22-9-4-3-5-10-22)34(19-24-11-8-18-38-24)27(36)20-35-26-13-7-6-12-25(26)31-32-35/h6-8,11-18,22,28H,3-5,9-10,19-20H2,1-2H3,(H,30,37). The lowest BCUT2D eigenvalue weighted by Crippen LogP contribution is -2.47. The zero-order chi connectivity index (χ0) is 26.5. The van der Waals surface area contributed by atoms with E-state index in [2.05, 4.69) is 15.6 Å². The first-order valence-corrected chi connectivity index (χ1v) is 14.1. The second-order valence-corrected chi connectivity index (χ2v) is 11.1. The number of carbonyl (C=O) groups is 2. The Morgan fingerprint density at radius 3 is 2.50 bits per heavy atom. The van der Waals surface area contributed by atoms with Crippen LogP contribution in [0, 0.1) is 0 Å². The maximum absolute atomic E-state index is 14.0. The van der Waals surface area contributed by atoms with Crippen molar-refractivity contribution in [1.82, 2.24) is 25.2 Å². The molecule has 1 saturated carbocycles. The summed E-state index contributed by atoms with van der Waals surface area (Å²) in [5.41, 5.74) is 3.34. The van der Waals surface area contributed by atoms with Gasteiger partial charge in [0.05, 0.1) is 12.1 Å². The summed E-state index contributed by atoms with van der Waals surface area (Å²) in [4.78, 5) is 32.7. The van der Waals surface area contributed by atoms with Gasteiger partial charge in [-0.25, -0.2) is 4.68 Å². The lowest BCUT2D eigenvalue weighted by Gasteiger charge is -2.33. The van der Waals surface area contributed by atoms with Crippen LogP contribution in [0.2, 0.25) is 0 Å². The van der Waals surface area contributed by atoms with Crippen molar-refractivity contribution in [3.63, 3.8) is 0 Å². The molecule has 2 aromatic heterocycles. The minimum absolute atomic E-state index is 0.00508. The van der Waals surface area contributed by atoms with Gasteiger partial charge in [-0.1, -0.05) is 54.8 Å². The molecule has 1 atom stereocenters. The quantitative estimate of drug-likeness (QED) is 0.337. The van der Waals surface area contributed by atoms with Gasteiger partial charge in [0.25, 0.3) is 0 Å². The molecule has 9 heteroatoms. The molecule has 1 aliphatic rings. The molecular weight excluding hydrogens is 496 g/mol. The number of carbonyl (C=O) groups excluding carboxylic acids is 2. The van der Waals surface area contributed by atoms with Crippen molar-refractivity contribution in [2.75, 3.05) is 19.0 Å². The molecule has 0 saturated heterocycles. The lowest BCUT2D eigenvalue weighted by atomic mass is 9.94. The zero-order valence-corrected chi connectivity index (χ0v) is 22.7. The summed E-state index contributed by atoms with van der Waals surface area (Å²) in [5, 5.41) is 13.7. The summed E-state index contributed by atoms with van der Waals surface area (Å²) >= 11 is 1.58. The molecule has 198 valence electrons. The molecule has 1 aliphatic carbocycles. The first-order valence-electron chi connectivity index (χ1n) is 13.2. The molecule has 8 nitrogen and oxygen atoms in total. The number of nitrogens with one attached hydrogen (secondary N) is 1. The second kappa shape index (κ2) is 11.8. The van der Waals surface area contributed by atoms with E-state index in [0.717, 1.165) is 52.8 Å². The number of hydrogen-bond acceptors (Lipinski definition) is 6. The first-order chi connectivity index (χ1) is 18.5. The molecule has 1 unspecified atom stereocenters. The Morgan fingerprint density at radius 1 is 1.03 bits per heavy atom. The van der Waals surface area contributed by atoms with Crippen LogP contribution in [0.3, 0.4) is 0 Å². The van der Waals surface area contributed by atoms with Crippen molar-refractivity contribution in [2.45, 2.75) is 57.3 Å². The molecule has 1 fully saturated rings. The molecule has 5 rings (SSSR count). The lowest BCUT2D eigenvalue weighted by molar-refractivity contribution is -0.142. The Balaban J connectivity index is 1.50. The van der Waals surface area contributed by atoms with Gasteiger partial charge in [-0.3, -0.25) is 9.59 Å². The molecule has 1 N–H and O–H groups in total. The topological polar surface area (TPSA) is 83.4 Å². The third kappa shape index (κ3) is 5.88. The number of thiophene rings is 1. The maximum atomic E-state index is 14.0. The van der Waals surface area contributed by atoms with Gasteiger partial charge in [-0.2, -0.15) is 0 Å². The highest BCUT2D eigenvalue weighted by molar-refractivity contribution is 7.09. The minimum Gasteiger partial charge on any atom is -0.378 e. The van der Waals surface area contributed by atoms with Crippen LogP contribution in [0.4, 0.5) is 5.69 Å². The molecule has 2 amide bonds. The summed E-state index contributed by atoms with van der Waals surface area (Å²) in [7, 11) is 3.97. The van der Waals surface area contributed by atoms with E-state index in [1.807, 2.05) is 85.0 Å². The van der Waals surface area contributed by atoms with Gasteiger partial charge >= 0.3 is 0 Å². The van der Waals surface area contributed by atoms with Crippen LogP contribution in [0.15, 0.2) is 66.0 Å². The van der Waals surface area contributed by atoms with Gasteiger partial charge in [0.2, 0.25) is 11.8 Å². The molecule has 0 spiro atoms. The normalized spacial score (nSPS) is 14.8. The summed E-state index contributed by atoms with van der Waals surface area (Å²) in [5.74, 6) is -0.322. The number of amides is 2. The number of nitrogens with zero attached hydrogens (tertiary/aromatic N) is 5. The largest absolute Gasteiger partial charge is 0.378 e. The van der Waals surface area contributed by atoms with Crippen LogP contribution in [-0.4, -0.2) is 51.8 Å². The Labute approximate surface area is 227 Å². The summed E-state index contributed by atoms with van der Waals surface area (Å²) in [6, 6.07) is 18.8. The molecule has 2 heterocycles. The summed E-state index contributed by atoms with van der Waals surface area (Å²) in [6.07, 6.45) is 5.38. The fourth-order valence-electron chi connectivity index (χ4n) is 5.10. The van der Waals surface area contributed by atoms with E-state index in [1.165, 1.54) is 6.42 Å². The smallest absolute Gasteiger partial charge is 0.247 e. The van der Waals surface area contributed by atoms with Crippen molar-refractivity contribution in [3.8, 4) is 0 Å². The highest BCUT2D eigenvalue weighted by atomic mass is 32.1. The van der Waals surface area contributed by atoms with Crippen molar-refractivity contribution in [1.29, 1.82) is 0 Å².